The Morgan fingerprint density at radius 3 is 2.85 bits per heavy atom. The summed E-state index contributed by atoms with van der Waals surface area (Å²) in [5.74, 6) is 0.622. The molecule has 0 aromatic carbocycles. The second-order valence-electron chi connectivity index (χ2n) is 3.23. The van der Waals surface area contributed by atoms with Crippen LogP contribution in [0.15, 0.2) is 0 Å². The summed E-state index contributed by atoms with van der Waals surface area (Å²) in [7, 11) is 0. The molecular weight excluding hydrogens is 166 g/mol. The molecule has 1 aromatic heterocycles. The zero-order valence-electron chi connectivity index (χ0n) is 8.03. The first-order chi connectivity index (χ1) is 6.34. The molecule has 3 N–H and O–H groups in total. The minimum absolute atomic E-state index is 0.0596. The molecule has 5 nitrogen and oxygen atoms in total. The molecular formula is C8H17N5. The lowest BCUT2D eigenvalue weighted by molar-refractivity contribution is 0.547. The van der Waals surface area contributed by atoms with Gasteiger partial charge in [-0.2, -0.15) is 5.21 Å². The average molecular weight is 183 g/mol. The summed E-state index contributed by atoms with van der Waals surface area (Å²) in [6, 6.07) is -0.0596. The lowest BCUT2D eigenvalue weighted by atomic mass is 10.1. The van der Waals surface area contributed by atoms with Crippen molar-refractivity contribution < 1.29 is 0 Å². The Labute approximate surface area is 78.1 Å². The minimum Gasteiger partial charge on any atom is -0.321 e. The van der Waals surface area contributed by atoms with Crippen molar-refractivity contribution in [2.24, 2.45) is 5.73 Å². The van der Waals surface area contributed by atoms with Crippen LogP contribution in [0, 0.1) is 0 Å². The van der Waals surface area contributed by atoms with Crippen molar-refractivity contribution >= 4 is 0 Å². The molecule has 0 saturated heterocycles. The molecule has 74 valence electrons. The van der Waals surface area contributed by atoms with E-state index in [2.05, 4.69) is 27.5 Å². The highest BCUT2D eigenvalue weighted by Gasteiger charge is 2.09. The third kappa shape index (κ3) is 3.50. The summed E-state index contributed by atoms with van der Waals surface area (Å²) < 4.78 is 0. The van der Waals surface area contributed by atoms with Gasteiger partial charge < -0.3 is 5.73 Å². The maximum absolute atomic E-state index is 5.84. The van der Waals surface area contributed by atoms with Crippen LogP contribution in [-0.2, 0) is 0 Å². The van der Waals surface area contributed by atoms with Gasteiger partial charge in [0, 0.05) is 0 Å². The van der Waals surface area contributed by atoms with E-state index < -0.39 is 0 Å². The Kier molecular flexibility index (Phi) is 4.39. The van der Waals surface area contributed by atoms with Crippen LogP contribution in [-0.4, -0.2) is 20.6 Å². The SMILES string of the molecule is CCCCCCC(N)c1nn[nH]n1. The Morgan fingerprint density at radius 1 is 1.38 bits per heavy atom. The molecule has 0 aliphatic carbocycles. The number of H-pyrrole nitrogens is 1. The van der Waals surface area contributed by atoms with E-state index in [1.165, 1.54) is 19.3 Å². The molecule has 5 heteroatoms. The Balaban J connectivity index is 2.15. The number of unbranched alkanes of at least 4 members (excludes halogenated alkanes) is 3. The van der Waals surface area contributed by atoms with E-state index >= 15 is 0 Å². The van der Waals surface area contributed by atoms with Crippen molar-refractivity contribution in [3.05, 3.63) is 5.82 Å². The predicted molar refractivity (Wildman–Crippen MR) is 49.9 cm³/mol. The topological polar surface area (TPSA) is 80.5 Å². The van der Waals surface area contributed by atoms with Crippen LogP contribution in [0.4, 0.5) is 0 Å². The zero-order chi connectivity index (χ0) is 9.52. The van der Waals surface area contributed by atoms with Gasteiger partial charge in [0.05, 0.1) is 6.04 Å². The first-order valence-corrected chi connectivity index (χ1v) is 4.83. The number of nitrogens with two attached hydrogens (primary N) is 1. The normalized spacial score (nSPS) is 13.1. The molecule has 13 heavy (non-hydrogen) atoms. The summed E-state index contributed by atoms with van der Waals surface area (Å²) in [6.07, 6.45) is 5.85. The van der Waals surface area contributed by atoms with E-state index in [1.807, 2.05) is 0 Å². The number of aromatic amines is 1. The Hall–Kier alpha value is -0.970. The zero-order valence-corrected chi connectivity index (χ0v) is 8.03. The molecule has 1 rings (SSSR count). The Bertz CT molecular complexity index is 208. The van der Waals surface area contributed by atoms with E-state index in [9.17, 15) is 0 Å². The number of nitrogens with one attached hydrogen (secondary N) is 1. The minimum atomic E-state index is -0.0596. The monoisotopic (exact) mass is 183 g/mol. The largest absolute Gasteiger partial charge is 0.321 e. The van der Waals surface area contributed by atoms with Crippen molar-refractivity contribution in [2.45, 2.75) is 45.1 Å². The molecule has 0 saturated carbocycles. The van der Waals surface area contributed by atoms with E-state index in [-0.39, 0.29) is 6.04 Å². The standard InChI is InChI=1S/C8H17N5/c1-2-3-4-5-6-7(9)8-10-12-13-11-8/h7H,2-6,9H2,1H3,(H,10,11,12,13). The highest BCUT2D eigenvalue weighted by Crippen LogP contribution is 2.12. The fraction of sp³-hybridized carbons (Fsp3) is 0.875. The third-order valence-electron chi connectivity index (χ3n) is 2.06. The highest BCUT2D eigenvalue weighted by molar-refractivity contribution is 4.85. The van der Waals surface area contributed by atoms with Gasteiger partial charge in [0.2, 0.25) is 0 Å². The van der Waals surface area contributed by atoms with Crippen molar-refractivity contribution in [1.29, 1.82) is 0 Å². The van der Waals surface area contributed by atoms with Gasteiger partial charge in [-0.3, -0.25) is 0 Å². The van der Waals surface area contributed by atoms with Crippen molar-refractivity contribution in [3.8, 4) is 0 Å². The molecule has 0 amide bonds. The van der Waals surface area contributed by atoms with Crippen LogP contribution in [0.3, 0.4) is 0 Å². The van der Waals surface area contributed by atoms with Gasteiger partial charge in [0.1, 0.15) is 0 Å². The molecule has 0 bridgehead atoms. The molecule has 1 heterocycles. The molecule has 1 aromatic rings. The fourth-order valence-corrected chi connectivity index (χ4v) is 1.25. The maximum Gasteiger partial charge on any atom is 0.191 e. The number of aromatic nitrogens is 4. The predicted octanol–water partition coefficient (Wildman–Crippen LogP) is 1.17. The fourth-order valence-electron chi connectivity index (χ4n) is 1.25. The van der Waals surface area contributed by atoms with Gasteiger partial charge in [0.25, 0.3) is 0 Å². The van der Waals surface area contributed by atoms with Crippen molar-refractivity contribution in [2.75, 3.05) is 0 Å². The van der Waals surface area contributed by atoms with Gasteiger partial charge in [-0.15, -0.1) is 10.2 Å². The lowest BCUT2D eigenvalue weighted by Crippen LogP contribution is -2.12. The van der Waals surface area contributed by atoms with Gasteiger partial charge in [-0.1, -0.05) is 37.8 Å². The van der Waals surface area contributed by atoms with E-state index in [4.69, 9.17) is 5.73 Å². The van der Waals surface area contributed by atoms with E-state index in [0.717, 1.165) is 12.8 Å². The summed E-state index contributed by atoms with van der Waals surface area (Å²) in [5.41, 5.74) is 5.84. The summed E-state index contributed by atoms with van der Waals surface area (Å²) in [6.45, 7) is 2.19. The summed E-state index contributed by atoms with van der Waals surface area (Å²) in [4.78, 5) is 0. The van der Waals surface area contributed by atoms with E-state index in [1.54, 1.807) is 0 Å². The van der Waals surface area contributed by atoms with Crippen LogP contribution in [0.1, 0.15) is 50.9 Å². The smallest absolute Gasteiger partial charge is 0.191 e. The second-order valence-corrected chi connectivity index (χ2v) is 3.23. The molecule has 0 aliphatic rings. The number of hydrogen-bond donors (Lipinski definition) is 2. The molecule has 1 unspecified atom stereocenters. The van der Waals surface area contributed by atoms with Gasteiger partial charge >= 0.3 is 0 Å². The van der Waals surface area contributed by atoms with Crippen LogP contribution >= 0.6 is 0 Å². The van der Waals surface area contributed by atoms with Crippen LogP contribution in [0.2, 0.25) is 0 Å². The van der Waals surface area contributed by atoms with Crippen LogP contribution in [0.5, 0.6) is 0 Å². The van der Waals surface area contributed by atoms with Crippen molar-refractivity contribution in [3.63, 3.8) is 0 Å². The summed E-state index contributed by atoms with van der Waals surface area (Å²) in [5, 5.41) is 13.6. The van der Waals surface area contributed by atoms with Crippen LogP contribution < -0.4 is 5.73 Å². The highest BCUT2D eigenvalue weighted by atomic mass is 15.5. The molecule has 0 radical (unpaired) electrons. The number of tetrazole rings is 1. The first kappa shape index (κ1) is 10.1. The third-order valence-corrected chi connectivity index (χ3v) is 2.06. The van der Waals surface area contributed by atoms with Crippen LogP contribution in [0.25, 0.3) is 0 Å². The molecule has 0 spiro atoms. The number of nitrogens with zero attached hydrogens (tertiary/aromatic N) is 3. The second kappa shape index (κ2) is 5.64. The summed E-state index contributed by atoms with van der Waals surface area (Å²) >= 11 is 0. The quantitative estimate of drug-likeness (QED) is 0.649. The van der Waals surface area contributed by atoms with Crippen molar-refractivity contribution in [1.82, 2.24) is 20.6 Å². The van der Waals surface area contributed by atoms with Gasteiger partial charge in [-0.05, 0) is 6.42 Å². The molecule has 1 atom stereocenters. The van der Waals surface area contributed by atoms with Gasteiger partial charge in [0.15, 0.2) is 5.82 Å². The van der Waals surface area contributed by atoms with E-state index in [0.29, 0.717) is 5.82 Å². The molecule has 0 fully saturated rings. The maximum atomic E-state index is 5.84. The molecule has 0 aliphatic heterocycles. The number of hydrogen-bond acceptors (Lipinski definition) is 4. The number of rotatable bonds is 6. The Morgan fingerprint density at radius 2 is 2.23 bits per heavy atom. The first-order valence-electron chi connectivity index (χ1n) is 4.83. The van der Waals surface area contributed by atoms with Gasteiger partial charge in [-0.25, -0.2) is 0 Å². The average Bonchev–Trinajstić information content (AvgIpc) is 2.65. The lowest BCUT2D eigenvalue weighted by Gasteiger charge is -2.05.